The summed E-state index contributed by atoms with van der Waals surface area (Å²) in [4.78, 5) is 2.41. The largest absolute Gasteiger partial charge is 0.394 e. The number of likely N-dealkylation sites (N-methyl/N-ethyl adjacent to an activating group) is 1. The van der Waals surface area contributed by atoms with E-state index in [0.717, 1.165) is 52.1 Å². The summed E-state index contributed by atoms with van der Waals surface area (Å²) < 4.78 is 10.4. The van der Waals surface area contributed by atoms with Gasteiger partial charge in [0.05, 0.1) is 19.8 Å². The molecule has 0 bridgehead atoms. The average Bonchev–Trinajstić information content (AvgIpc) is 2.47. The molecule has 21 heavy (non-hydrogen) atoms. The van der Waals surface area contributed by atoms with Gasteiger partial charge in [0.1, 0.15) is 0 Å². The second-order valence-corrected chi connectivity index (χ2v) is 6.04. The second-order valence-electron chi connectivity index (χ2n) is 6.04. The van der Waals surface area contributed by atoms with E-state index >= 15 is 0 Å². The number of aliphatic hydroxyl groups excluding tert-OH is 1. The summed E-state index contributed by atoms with van der Waals surface area (Å²) in [5.41, 5.74) is -0.149. The molecule has 0 radical (unpaired) electrons. The van der Waals surface area contributed by atoms with E-state index in [1.165, 1.54) is 0 Å². The molecule has 0 saturated heterocycles. The maximum atomic E-state index is 9.49. The minimum atomic E-state index is -0.149. The molecule has 2 N–H and O–H groups in total. The van der Waals surface area contributed by atoms with Crippen LogP contribution in [0, 0.1) is 0 Å². The van der Waals surface area contributed by atoms with Crippen molar-refractivity contribution in [3.63, 3.8) is 0 Å². The molecule has 0 spiro atoms. The van der Waals surface area contributed by atoms with Gasteiger partial charge in [0.2, 0.25) is 0 Å². The summed E-state index contributed by atoms with van der Waals surface area (Å²) in [5.74, 6) is 0. The Labute approximate surface area is 131 Å². The van der Waals surface area contributed by atoms with Crippen LogP contribution in [-0.4, -0.2) is 75.3 Å². The molecule has 0 heterocycles. The minimum Gasteiger partial charge on any atom is -0.394 e. The molecule has 0 aliphatic rings. The zero-order valence-corrected chi connectivity index (χ0v) is 14.7. The highest BCUT2D eigenvalue weighted by Crippen LogP contribution is 2.14. The molecular weight excluding hydrogens is 268 g/mol. The summed E-state index contributed by atoms with van der Waals surface area (Å²) in [5, 5.41) is 12.9. The number of ether oxygens (including phenoxy) is 2. The van der Waals surface area contributed by atoms with E-state index in [1.54, 1.807) is 14.2 Å². The molecule has 0 aromatic heterocycles. The van der Waals surface area contributed by atoms with Gasteiger partial charge in [0, 0.05) is 32.3 Å². The number of hydrogen-bond acceptors (Lipinski definition) is 5. The normalized spacial score (nSPS) is 16.1. The summed E-state index contributed by atoms with van der Waals surface area (Å²) in [6.07, 6.45) is 3.22. The van der Waals surface area contributed by atoms with Crippen LogP contribution in [0.4, 0.5) is 0 Å². The molecule has 0 aliphatic heterocycles. The van der Waals surface area contributed by atoms with Gasteiger partial charge < -0.3 is 19.9 Å². The highest BCUT2D eigenvalue weighted by Gasteiger charge is 2.21. The van der Waals surface area contributed by atoms with Gasteiger partial charge in [-0.2, -0.15) is 0 Å². The standard InChI is InChI=1S/C16H36N2O3/c1-6-17-16(3,14-19)9-7-8-10-18(11-12-20-4)15(2)13-21-5/h15,17,19H,6-14H2,1-5H3. The lowest BCUT2D eigenvalue weighted by Crippen LogP contribution is -2.45. The smallest absolute Gasteiger partial charge is 0.0615 e. The summed E-state index contributed by atoms with van der Waals surface area (Å²) >= 11 is 0. The van der Waals surface area contributed by atoms with Crippen molar-refractivity contribution in [2.75, 3.05) is 53.7 Å². The van der Waals surface area contributed by atoms with Crippen molar-refractivity contribution in [1.82, 2.24) is 10.2 Å². The number of nitrogens with one attached hydrogen (secondary N) is 1. The van der Waals surface area contributed by atoms with Crippen molar-refractivity contribution in [2.45, 2.75) is 51.6 Å². The maximum Gasteiger partial charge on any atom is 0.0615 e. The number of rotatable bonds is 14. The fourth-order valence-corrected chi connectivity index (χ4v) is 2.59. The summed E-state index contributed by atoms with van der Waals surface area (Å²) in [6, 6.07) is 0.406. The molecule has 0 amide bonds. The van der Waals surface area contributed by atoms with Gasteiger partial charge in [-0.1, -0.05) is 13.3 Å². The highest BCUT2D eigenvalue weighted by atomic mass is 16.5. The van der Waals surface area contributed by atoms with Crippen molar-refractivity contribution in [1.29, 1.82) is 0 Å². The number of nitrogens with zero attached hydrogens (tertiary/aromatic N) is 1. The van der Waals surface area contributed by atoms with Crippen LogP contribution in [0.5, 0.6) is 0 Å². The molecule has 2 atom stereocenters. The molecule has 5 heteroatoms. The summed E-state index contributed by atoms with van der Waals surface area (Å²) in [7, 11) is 3.48. The Morgan fingerprint density at radius 2 is 1.90 bits per heavy atom. The van der Waals surface area contributed by atoms with E-state index in [4.69, 9.17) is 9.47 Å². The van der Waals surface area contributed by atoms with E-state index in [0.29, 0.717) is 6.04 Å². The lowest BCUT2D eigenvalue weighted by atomic mass is 9.95. The van der Waals surface area contributed by atoms with E-state index in [9.17, 15) is 5.11 Å². The molecule has 0 saturated carbocycles. The molecule has 128 valence electrons. The van der Waals surface area contributed by atoms with Crippen molar-refractivity contribution in [2.24, 2.45) is 0 Å². The van der Waals surface area contributed by atoms with Crippen LogP contribution in [0.2, 0.25) is 0 Å². The Hall–Kier alpha value is -0.200. The highest BCUT2D eigenvalue weighted by molar-refractivity contribution is 4.81. The molecular formula is C16H36N2O3. The molecule has 0 aromatic carbocycles. The van der Waals surface area contributed by atoms with Crippen molar-refractivity contribution < 1.29 is 14.6 Å². The van der Waals surface area contributed by atoms with Crippen LogP contribution >= 0.6 is 0 Å². The van der Waals surface area contributed by atoms with Gasteiger partial charge in [0.25, 0.3) is 0 Å². The molecule has 2 unspecified atom stereocenters. The Morgan fingerprint density at radius 3 is 2.43 bits per heavy atom. The number of hydrogen-bond donors (Lipinski definition) is 2. The first kappa shape index (κ1) is 20.8. The zero-order valence-electron chi connectivity index (χ0n) is 14.7. The second kappa shape index (κ2) is 12.4. The van der Waals surface area contributed by atoms with Gasteiger partial charge >= 0.3 is 0 Å². The zero-order chi connectivity index (χ0) is 16.1. The first-order valence-electron chi connectivity index (χ1n) is 8.10. The van der Waals surface area contributed by atoms with E-state index in [2.05, 4.69) is 31.0 Å². The fraction of sp³-hybridized carbons (Fsp3) is 1.00. The quantitative estimate of drug-likeness (QED) is 0.476. The van der Waals surface area contributed by atoms with Crippen molar-refractivity contribution in [3.05, 3.63) is 0 Å². The van der Waals surface area contributed by atoms with Crippen LogP contribution in [-0.2, 0) is 9.47 Å². The van der Waals surface area contributed by atoms with Crippen LogP contribution in [0.15, 0.2) is 0 Å². The van der Waals surface area contributed by atoms with Gasteiger partial charge in [-0.15, -0.1) is 0 Å². The van der Waals surface area contributed by atoms with Crippen LogP contribution in [0.1, 0.15) is 40.0 Å². The van der Waals surface area contributed by atoms with Gasteiger partial charge in [-0.3, -0.25) is 4.90 Å². The van der Waals surface area contributed by atoms with Gasteiger partial charge in [-0.05, 0) is 39.8 Å². The monoisotopic (exact) mass is 304 g/mol. The average molecular weight is 304 g/mol. The lowest BCUT2D eigenvalue weighted by molar-refractivity contribution is 0.0730. The van der Waals surface area contributed by atoms with Crippen molar-refractivity contribution in [3.8, 4) is 0 Å². The van der Waals surface area contributed by atoms with Gasteiger partial charge in [0.15, 0.2) is 0 Å². The predicted octanol–water partition coefficient (Wildman–Crippen LogP) is 1.50. The Balaban J connectivity index is 4.11. The lowest BCUT2D eigenvalue weighted by Gasteiger charge is -2.30. The van der Waals surface area contributed by atoms with Gasteiger partial charge in [-0.25, -0.2) is 0 Å². The Bertz CT molecular complexity index is 242. The van der Waals surface area contributed by atoms with E-state index < -0.39 is 0 Å². The molecule has 5 nitrogen and oxygen atoms in total. The number of unbranched alkanes of at least 4 members (excludes halogenated alkanes) is 1. The molecule has 0 rings (SSSR count). The predicted molar refractivity (Wildman–Crippen MR) is 87.8 cm³/mol. The number of methoxy groups -OCH3 is 2. The third kappa shape index (κ3) is 9.42. The first-order chi connectivity index (χ1) is 10.0. The van der Waals surface area contributed by atoms with Crippen LogP contribution in [0.25, 0.3) is 0 Å². The SMILES string of the molecule is CCNC(C)(CO)CCCCN(CCOC)C(C)COC. The third-order valence-corrected chi connectivity index (χ3v) is 3.99. The maximum absolute atomic E-state index is 9.49. The topological polar surface area (TPSA) is 54.0 Å². The molecule has 0 aliphatic carbocycles. The third-order valence-electron chi connectivity index (χ3n) is 3.99. The Kier molecular flexibility index (Phi) is 12.2. The Morgan fingerprint density at radius 1 is 1.19 bits per heavy atom. The molecule has 0 aromatic rings. The fourth-order valence-electron chi connectivity index (χ4n) is 2.59. The molecule has 0 fully saturated rings. The van der Waals surface area contributed by atoms with E-state index in [1.807, 2.05) is 0 Å². The van der Waals surface area contributed by atoms with Crippen LogP contribution < -0.4 is 5.32 Å². The van der Waals surface area contributed by atoms with Crippen LogP contribution in [0.3, 0.4) is 0 Å². The van der Waals surface area contributed by atoms with Crippen molar-refractivity contribution >= 4 is 0 Å². The summed E-state index contributed by atoms with van der Waals surface area (Å²) in [6.45, 7) is 10.9. The van der Waals surface area contributed by atoms with E-state index in [-0.39, 0.29) is 12.1 Å². The number of aliphatic hydroxyl groups is 1. The first-order valence-corrected chi connectivity index (χ1v) is 8.10. The minimum absolute atomic E-state index is 0.149.